The molecule has 2 aliphatic rings. The number of nitrogens with zero attached hydrogens (tertiary/aromatic N) is 1. The van der Waals surface area contributed by atoms with Gasteiger partial charge in [0.2, 0.25) is 0 Å². The molecule has 1 unspecified atom stereocenters. The molecule has 0 radical (unpaired) electrons. The number of nitrogens with two attached hydrogens (primary N) is 1. The Morgan fingerprint density at radius 1 is 1.28 bits per heavy atom. The summed E-state index contributed by atoms with van der Waals surface area (Å²) in [4.78, 5) is 0. The Labute approximate surface area is 110 Å². The van der Waals surface area contributed by atoms with Gasteiger partial charge in [-0.05, 0) is 32.6 Å². The van der Waals surface area contributed by atoms with Crippen molar-refractivity contribution in [2.75, 3.05) is 13.1 Å². The minimum absolute atomic E-state index is 0.0266. The molecule has 2 rings (SSSR count). The van der Waals surface area contributed by atoms with Crippen LogP contribution in [0.15, 0.2) is 0 Å². The second-order valence-corrected chi connectivity index (χ2v) is 7.49. The third-order valence-corrected chi connectivity index (χ3v) is 6.09. The smallest absolute Gasteiger partial charge is 0.280 e. The molecule has 0 amide bonds. The van der Waals surface area contributed by atoms with Gasteiger partial charge in [-0.25, -0.2) is 0 Å². The van der Waals surface area contributed by atoms with Crippen molar-refractivity contribution in [2.24, 2.45) is 5.73 Å². The summed E-state index contributed by atoms with van der Waals surface area (Å²) in [6, 6.07) is -0.0266. The molecule has 1 atom stereocenters. The molecular weight excluding hydrogens is 250 g/mol. The largest absolute Gasteiger partial charge is 0.329 e. The predicted octanol–water partition coefficient (Wildman–Crippen LogP) is 0.967. The molecule has 3 N–H and O–H groups in total. The standard InChI is InChI=1S/C12H25N3O2S/c1-12(7-3-4-8-12)14-18(16,17)15-9-5-2-6-11(15)10-13/h11,14H,2-10,13H2,1H3. The average molecular weight is 275 g/mol. The van der Waals surface area contributed by atoms with Gasteiger partial charge in [0.05, 0.1) is 0 Å². The highest BCUT2D eigenvalue weighted by atomic mass is 32.2. The van der Waals surface area contributed by atoms with E-state index in [9.17, 15) is 8.42 Å². The van der Waals surface area contributed by atoms with Crippen LogP contribution >= 0.6 is 0 Å². The van der Waals surface area contributed by atoms with Gasteiger partial charge in [-0.2, -0.15) is 17.4 Å². The van der Waals surface area contributed by atoms with Crippen molar-refractivity contribution >= 4 is 10.2 Å². The van der Waals surface area contributed by atoms with E-state index < -0.39 is 10.2 Å². The lowest BCUT2D eigenvalue weighted by Gasteiger charge is -2.36. The van der Waals surface area contributed by atoms with Crippen LogP contribution in [0.25, 0.3) is 0 Å². The first-order chi connectivity index (χ1) is 8.47. The molecule has 0 bridgehead atoms. The second kappa shape index (κ2) is 5.45. The second-order valence-electron chi connectivity index (χ2n) is 5.87. The van der Waals surface area contributed by atoms with E-state index in [0.717, 1.165) is 44.9 Å². The van der Waals surface area contributed by atoms with Crippen molar-refractivity contribution in [1.82, 2.24) is 9.03 Å². The molecule has 6 heteroatoms. The molecule has 0 aromatic heterocycles. The summed E-state index contributed by atoms with van der Waals surface area (Å²) >= 11 is 0. The Morgan fingerprint density at radius 3 is 2.56 bits per heavy atom. The van der Waals surface area contributed by atoms with Crippen LogP contribution < -0.4 is 10.5 Å². The van der Waals surface area contributed by atoms with E-state index >= 15 is 0 Å². The molecule has 0 aromatic carbocycles. The highest BCUT2D eigenvalue weighted by molar-refractivity contribution is 7.87. The van der Waals surface area contributed by atoms with E-state index in [1.807, 2.05) is 6.92 Å². The van der Waals surface area contributed by atoms with Crippen molar-refractivity contribution in [3.05, 3.63) is 0 Å². The molecule has 0 aromatic rings. The van der Waals surface area contributed by atoms with Gasteiger partial charge in [-0.3, -0.25) is 0 Å². The molecule has 1 aliphatic heterocycles. The molecule has 2 fully saturated rings. The van der Waals surface area contributed by atoms with Crippen LogP contribution in [0.1, 0.15) is 51.9 Å². The third kappa shape index (κ3) is 3.04. The lowest BCUT2D eigenvalue weighted by atomic mass is 10.0. The van der Waals surface area contributed by atoms with Crippen LogP contribution in [-0.4, -0.2) is 37.4 Å². The Bertz CT molecular complexity index is 377. The van der Waals surface area contributed by atoms with Crippen molar-refractivity contribution < 1.29 is 8.42 Å². The molecule has 1 saturated heterocycles. The highest BCUT2D eigenvalue weighted by Gasteiger charge is 2.38. The SMILES string of the molecule is CC1(NS(=O)(=O)N2CCCCC2CN)CCCC1. The number of rotatable bonds is 4. The minimum Gasteiger partial charge on any atom is -0.329 e. The van der Waals surface area contributed by atoms with Gasteiger partial charge in [-0.15, -0.1) is 0 Å². The van der Waals surface area contributed by atoms with Crippen LogP contribution in [0.2, 0.25) is 0 Å². The lowest BCUT2D eigenvalue weighted by Crippen LogP contribution is -2.56. The summed E-state index contributed by atoms with van der Waals surface area (Å²) < 4.78 is 29.4. The van der Waals surface area contributed by atoms with E-state index in [1.54, 1.807) is 4.31 Å². The van der Waals surface area contributed by atoms with Crippen LogP contribution in [0, 0.1) is 0 Å². The van der Waals surface area contributed by atoms with Crippen molar-refractivity contribution in [1.29, 1.82) is 0 Å². The Morgan fingerprint density at radius 2 is 1.94 bits per heavy atom. The first-order valence-corrected chi connectivity index (χ1v) is 8.42. The van der Waals surface area contributed by atoms with E-state index in [-0.39, 0.29) is 11.6 Å². The quantitative estimate of drug-likeness (QED) is 0.802. The fraction of sp³-hybridized carbons (Fsp3) is 1.00. The number of hydrogen-bond donors (Lipinski definition) is 2. The molecule has 18 heavy (non-hydrogen) atoms. The van der Waals surface area contributed by atoms with Crippen molar-refractivity contribution in [3.8, 4) is 0 Å². The third-order valence-electron chi connectivity index (χ3n) is 4.24. The monoisotopic (exact) mass is 275 g/mol. The zero-order chi connectivity index (χ0) is 13.2. The van der Waals surface area contributed by atoms with Gasteiger partial charge >= 0.3 is 0 Å². The van der Waals surface area contributed by atoms with Gasteiger partial charge in [0, 0.05) is 24.7 Å². The maximum absolute atomic E-state index is 12.5. The van der Waals surface area contributed by atoms with Gasteiger partial charge in [0.15, 0.2) is 0 Å². The predicted molar refractivity (Wildman–Crippen MR) is 72.3 cm³/mol. The summed E-state index contributed by atoms with van der Waals surface area (Å²) in [7, 11) is -3.38. The van der Waals surface area contributed by atoms with E-state index in [4.69, 9.17) is 5.73 Å². The Hall–Kier alpha value is -0.170. The van der Waals surface area contributed by atoms with Crippen molar-refractivity contribution in [3.63, 3.8) is 0 Å². The summed E-state index contributed by atoms with van der Waals surface area (Å²) in [5, 5.41) is 0. The Kier molecular flexibility index (Phi) is 4.31. The van der Waals surface area contributed by atoms with Crippen LogP contribution in [-0.2, 0) is 10.2 Å². The summed E-state index contributed by atoms with van der Waals surface area (Å²) in [5.41, 5.74) is 5.44. The fourth-order valence-corrected chi connectivity index (χ4v) is 5.05. The molecule has 106 valence electrons. The Balaban J connectivity index is 2.09. The summed E-state index contributed by atoms with van der Waals surface area (Å²) in [6.45, 7) is 3.03. The first kappa shape index (κ1) is 14.2. The van der Waals surface area contributed by atoms with Crippen molar-refractivity contribution in [2.45, 2.75) is 63.5 Å². The maximum atomic E-state index is 12.5. The number of hydrogen-bond acceptors (Lipinski definition) is 3. The van der Waals surface area contributed by atoms with Gasteiger partial charge < -0.3 is 5.73 Å². The maximum Gasteiger partial charge on any atom is 0.280 e. The number of piperidine rings is 1. The molecule has 1 heterocycles. The van der Waals surface area contributed by atoms with E-state index in [1.165, 1.54) is 0 Å². The molecular formula is C12H25N3O2S. The molecule has 5 nitrogen and oxygen atoms in total. The van der Waals surface area contributed by atoms with Crippen LogP contribution in [0.4, 0.5) is 0 Å². The summed E-state index contributed by atoms with van der Waals surface area (Å²) in [6.07, 6.45) is 6.99. The van der Waals surface area contributed by atoms with Crippen LogP contribution in [0.5, 0.6) is 0 Å². The molecule has 0 spiro atoms. The summed E-state index contributed by atoms with van der Waals surface area (Å²) in [5.74, 6) is 0. The lowest BCUT2D eigenvalue weighted by molar-refractivity contribution is 0.248. The fourth-order valence-electron chi connectivity index (χ4n) is 3.15. The normalized spacial score (nSPS) is 29.6. The van der Waals surface area contributed by atoms with E-state index in [0.29, 0.717) is 13.1 Å². The van der Waals surface area contributed by atoms with Gasteiger partial charge in [-0.1, -0.05) is 19.3 Å². The first-order valence-electron chi connectivity index (χ1n) is 6.98. The average Bonchev–Trinajstić information content (AvgIpc) is 2.74. The van der Waals surface area contributed by atoms with Crippen LogP contribution in [0.3, 0.4) is 0 Å². The topological polar surface area (TPSA) is 75.4 Å². The van der Waals surface area contributed by atoms with Gasteiger partial charge in [0.1, 0.15) is 0 Å². The number of nitrogens with one attached hydrogen (secondary N) is 1. The molecule has 1 aliphatic carbocycles. The zero-order valence-electron chi connectivity index (χ0n) is 11.2. The van der Waals surface area contributed by atoms with Gasteiger partial charge in [0.25, 0.3) is 10.2 Å². The zero-order valence-corrected chi connectivity index (χ0v) is 12.0. The highest BCUT2D eigenvalue weighted by Crippen LogP contribution is 2.31. The van der Waals surface area contributed by atoms with E-state index in [2.05, 4.69) is 4.72 Å². The molecule has 1 saturated carbocycles. The minimum atomic E-state index is -3.38.